The highest BCUT2D eigenvalue weighted by Gasteiger charge is 2.17. The van der Waals surface area contributed by atoms with Crippen LogP contribution in [0, 0.1) is 6.92 Å². The van der Waals surface area contributed by atoms with Crippen LogP contribution in [0.1, 0.15) is 35.3 Å². The third-order valence-electron chi connectivity index (χ3n) is 3.32. The van der Waals surface area contributed by atoms with Gasteiger partial charge in [0, 0.05) is 30.7 Å². The fourth-order valence-corrected chi connectivity index (χ4v) is 3.46. The lowest BCUT2D eigenvalue weighted by molar-refractivity contribution is 0.0954. The van der Waals surface area contributed by atoms with Gasteiger partial charge in [-0.25, -0.2) is 0 Å². The number of carbonyl (C=O) groups is 1. The number of anilines is 1. The number of nitrogens with zero attached hydrogens (tertiary/aromatic N) is 1. The fraction of sp³-hybridized carbons (Fsp3) is 0.571. The zero-order valence-electron chi connectivity index (χ0n) is 11.5. The van der Waals surface area contributed by atoms with Crippen LogP contribution in [-0.2, 0) is 0 Å². The number of aromatic nitrogens is 1. The van der Waals surface area contributed by atoms with Gasteiger partial charge in [-0.3, -0.25) is 9.78 Å². The largest absolute Gasteiger partial charge is 0.387 e. The van der Waals surface area contributed by atoms with Crippen molar-refractivity contribution in [2.45, 2.75) is 31.4 Å². The van der Waals surface area contributed by atoms with Gasteiger partial charge in [0.1, 0.15) is 0 Å². The average Bonchev–Trinajstić information content (AvgIpc) is 2.45. The minimum Gasteiger partial charge on any atom is -0.387 e. The Balaban J connectivity index is 1.95. The number of aryl methyl sites for hydroxylation is 1. The summed E-state index contributed by atoms with van der Waals surface area (Å²) in [7, 11) is 1.82. The quantitative estimate of drug-likeness (QED) is 0.889. The molecular formula is C14H21N3OS. The van der Waals surface area contributed by atoms with Gasteiger partial charge in [0.05, 0.1) is 11.3 Å². The van der Waals surface area contributed by atoms with Crippen LogP contribution in [0.2, 0.25) is 0 Å². The third-order valence-corrected chi connectivity index (χ3v) is 4.72. The number of pyridine rings is 1. The highest BCUT2D eigenvalue weighted by molar-refractivity contribution is 7.99. The molecule has 0 aromatic carbocycles. The van der Waals surface area contributed by atoms with Crippen LogP contribution in [-0.4, -0.2) is 35.5 Å². The van der Waals surface area contributed by atoms with E-state index in [0.717, 1.165) is 17.9 Å². The summed E-state index contributed by atoms with van der Waals surface area (Å²) in [5.41, 5.74) is 2.36. The van der Waals surface area contributed by atoms with E-state index >= 15 is 0 Å². The molecule has 0 radical (unpaired) electrons. The molecule has 104 valence electrons. The van der Waals surface area contributed by atoms with Gasteiger partial charge in [-0.2, -0.15) is 11.8 Å². The first-order valence-electron chi connectivity index (χ1n) is 6.75. The molecule has 1 atom stereocenters. The highest BCUT2D eigenvalue weighted by atomic mass is 32.2. The molecule has 2 heterocycles. The van der Waals surface area contributed by atoms with Crippen molar-refractivity contribution in [2.24, 2.45) is 0 Å². The third kappa shape index (κ3) is 3.86. The zero-order valence-corrected chi connectivity index (χ0v) is 12.3. The maximum atomic E-state index is 12.2. The molecule has 19 heavy (non-hydrogen) atoms. The molecule has 1 unspecified atom stereocenters. The Labute approximate surface area is 118 Å². The first kappa shape index (κ1) is 14.2. The monoisotopic (exact) mass is 279 g/mol. The van der Waals surface area contributed by atoms with Gasteiger partial charge in [0.25, 0.3) is 5.91 Å². The van der Waals surface area contributed by atoms with E-state index in [4.69, 9.17) is 0 Å². The van der Waals surface area contributed by atoms with Crippen LogP contribution in [0.3, 0.4) is 0 Å². The van der Waals surface area contributed by atoms with Gasteiger partial charge >= 0.3 is 0 Å². The molecule has 1 amide bonds. The molecule has 2 N–H and O–H groups in total. The van der Waals surface area contributed by atoms with E-state index in [9.17, 15) is 4.79 Å². The van der Waals surface area contributed by atoms with Crippen molar-refractivity contribution in [3.8, 4) is 0 Å². The lowest BCUT2D eigenvalue weighted by Gasteiger charge is -2.21. The predicted molar refractivity (Wildman–Crippen MR) is 81.0 cm³/mol. The van der Waals surface area contributed by atoms with Gasteiger partial charge in [-0.15, -0.1) is 0 Å². The van der Waals surface area contributed by atoms with Gasteiger partial charge in [0.2, 0.25) is 0 Å². The van der Waals surface area contributed by atoms with Crippen LogP contribution in [0.5, 0.6) is 0 Å². The Morgan fingerprint density at radius 1 is 1.53 bits per heavy atom. The maximum Gasteiger partial charge on any atom is 0.254 e. The van der Waals surface area contributed by atoms with Crippen molar-refractivity contribution in [3.63, 3.8) is 0 Å². The average molecular weight is 279 g/mol. The number of hydrogen-bond donors (Lipinski definition) is 2. The fourth-order valence-electron chi connectivity index (χ4n) is 2.22. The van der Waals surface area contributed by atoms with Crippen molar-refractivity contribution < 1.29 is 4.79 Å². The standard InChI is InChI=1S/C14H21N3OS/c1-10-7-13(15-2)12(9-16-10)14(18)17-8-11-5-3-4-6-19-11/h7,9,11H,3-6,8H2,1-2H3,(H,15,16)(H,17,18). The molecule has 0 bridgehead atoms. The Morgan fingerprint density at radius 3 is 3.05 bits per heavy atom. The molecule has 1 aromatic heterocycles. The number of thioether (sulfide) groups is 1. The van der Waals surface area contributed by atoms with Crippen molar-refractivity contribution in [1.29, 1.82) is 0 Å². The number of rotatable bonds is 4. The van der Waals surface area contributed by atoms with Crippen LogP contribution < -0.4 is 10.6 Å². The molecule has 1 fully saturated rings. The Hall–Kier alpha value is -1.23. The first-order chi connectivity index (χ1) is 9.20. The molecule has 0 aliphatic carbocycles. The highest BCUT2D eigenvalue weighted by Crippen LogP contribution is 2.24. The van der Waals surface area contributed by atoms with Gasteiger partial charge < -0.3 is 10.6 Å². The van der Waals surface area contributed by atoms with E-state index in [1.165, 1.54) is 25.0 Å². The molecule has 1 aliphatic heterocycles. The molecule has 2 rings (SSSR count). The van der Waals surface area contributed by atoms with E-state index in [1.54, 1.807) is 6.20 Å². The summed E-state index contributed by atoms with van der Waals surface area (Å²) in [6.45, 7) is 2.67. The van der Waals surface area contributed by atoms with E-state index in [2.05, 4.69) is 15.6 Å². The second-order valence-corrected chi connectivity index (χ2v) is 6.23. The molecule has 1 aliphatic rings. The van der Waals surface area contributed by atoms with Gasteiger partial charge in [-0.05, 0) is 31.6 Å². The molecule has 4 nitrogen and oxygen atoms in total. The number of nitrogens with one attached hydrogen (secondary N) is 2. The minimum absolute atomic E-state index is 0.0389. The second-order valence-electron chi connectivity index (χ2n) is 4.82. The van der Waals surface area contributed by atoms with E-state index in [1.807, 2.05) is 31.8 Å². The number of hydrogen-bond acceptors (Lipinski definition) is 4. The molecule has 0 spiro atoms. The second kappa shape index (κ2) is 6.80. The van der Waals surface area contributed by atoms with Crippen molar-refractivity contribution >= 4 is 23.4 Å². The van der Waals surface area contributed by atoms with Crippen molar-refractivity contribution in [3.05, 3.63) is 23.5 Å². The first-order valence-corrected chi connectivity index (χ1v) is 7.80. The topological polar surface area (TPSA) is 54.0 Å². The maximum absolute atomic E-state index is 12.2. The minimum atomic E-state index is -0.0389. The van der Waals surface area contributed by atoms with Crippen molar-refractivity contribution in [2.75, 3.05) is 24.7 Å². The summed E-state index contributed by atoms with van der Waals surface area (Å²) in [6.07, 6.45) is 5.43. The summed E-state index contributed by atoms with van der Waals surface area (Å²) in [4.78, 5) is 16.4. The van der Waals surface area contributed by atoms with E-state index < -0.39 is 0 Å². The van der Waals surface area contributed by atoms with Gasteiger partial charge in [-0.1, -0.05) is 6.42 Å². The molecule has 1 aromatic rings. The van der Waals surface area contributed by atoms with Crippen LogP contribution in [0.25, 0.3) is 0 Å². The predicted octanol–water partition coefficient (Wildman–Crippen LogP) is 2.45. The van der Waals surface area contributed by atoms with Crippen LogP contribution >= 0.6 is 11.8 Å². The van der Waals surface area contributed by atoms with Gasteiger partial charge in [0.15, 0.2) is 0 Å². The SMILES string of the molecule is CNc1cc(C)ncc1C(=O)NCC1CCCCS1. The lowest BCUT2D eigenvalue weighted by atomic mass is 10.1. The molecular weight excluding hydrogens is 258 g/mol. The zero-order chi connectivity index (χ0) is 13.7. The summed E-state index contributed by atoms with van der Waals surface area (Å²) in [5, 5.41) is 6.64. The normalized spacial score (nSPS) is 18.9. The van der Waals surface area contributed by atoms with Crippen LogP contribution in [0.4, 0.5) is 5.69 Å². The summed E-state index contributed by atoms with van der Waals surface area (Å²) < 4.78 is 0. The molecule has 5 heteroatoms. The lowest BCUT2D eigenvalue weighted by Crippen LogP contribution is -2.32. The van der Waals surface area contributed by atoms with E-state index in [0.29, 0.717) is 10.8 Å². The number of amides is 1. The molecule has 0 saturated carbocycles. The van der Waals surface area contributed by atoms with Crippen molar-refractivity contribution in [1.82, 2.24) is 10.3 Å². The Bertz CT molecular complexity index is 444. The molecule has 1 saturated heterocycles. The Morgan fingerprint density at radius 2 is 2.37 bits per heavy atom. The number of carbonyl (C=O) groups excluding carboxylic acids is 1. The smallest absolute Gasteiger partial charge is 0.254 e. The summed E-state index contributed by atoms with van der Waals surface area (Å²) in [5.74, 6) is 1.18. The van der Waals surface area contributed by atoms with Crippen LogP contribution in [0.15, 0.2) is 12.3 Å². The van der Waals surface area contributed by atoms with E-state index in [-0.39, 0.29) is 5.91 Å². The summed E-state index contributed by atoms with van der Waals surface area (Å²) in [6, 6.07) is 1.89. The summed E-state index contributed by atoms with van der Waals surface area (Å²) >= 11 is 1.97. The Kier molecular flexibility index (Phi) is 5.07.